The number of hydrogen-bond acceptors (Lipinski definition) is 3. The summed E-state index contributed by atoms with van der Waals surface area (Å²) in [6.45, 7) is 2.01. The van der Waals surface area contributed by atoms with Crippen molar-refractivity contribution in [3.05, 3.63) is 35.9 Å². The maximum atomic E-state index is 11.7. The zero-order valence-corrected chi connectivity index (χ0v) is 12.9. The fraction of sp³-hybridized carbons (Fsp3) is 0.500. The molecule has 5 heteroatoms. The summed E-state index contributed by atoms with van der Waals surface area (Å²) in [5, 5.41) is 5.61. The minimum Gasteiger partial charge on any atom is -0.356 e. The number of amides is 2. The molecule has 0 atom stereocenters. The summed E-state index contributed by atoms with van der Waals surface area (Å²) in [4.78, 5) is 25.3. The van der Waals surface area contributed by atoms with Gasteiger partial charge in [-0.1, -0.05) is 30.3 Å². The van der Waals surface area contributed by atoms with Crippen LogP contribution in [0.5, 0.6) is 0 Å². The maximum Gasteiger partial charge on any atom is 0.224 e. The average Bonchev–Trinajstić information content (AvgIpc) is 2.44. The smallest absolute Gasteiger partial charge is 0.224 e. The number of carbonyl (C=O) groups excluding carboxylic acids is 2. The highest BCUT2D eigenvalue weighted by Gasteiger charge is 2.04. The summed E-state index contributed by atoms with van der Waals surface area (Å²) in [7, 11) is 4.01. The molecule has 0 aromatic heterocycles. The van der Waals surface area contributed by atoms with Crippen molar-refractivity contribution >= 4 is 11.8 Å². The second-order valence-corrected chi connectivity index (χ2v) is 5.27. The van der Waals surface area contributed by atoms with E-state index in [1.807, 2.05) is 44.4 Å². The summed E-state index contributed by atoms with van der Waals surface area (Å²) < 4.78 is 0. The molecule has 1 aromatic rings. The summed E-state index contributed by atoms with van der Waals surface area (Å²) >= 11 is 0. The molecule has 2 N–H and O–H groups in total. The number of hydrogen-bond donors (Lipinski definition) is 2. The first-order valence-electron chi connectivity index (χ1n) is 7.30. The monoisotopic (exact) mass is 291 g/mol. The Bertz CT molecular complexity index is 432. The van der Waals surface area contributed by atoms with E-state index in [0.717, 1.165) is 18.5 Å². The Morgan fingerprint density at radius 3 is 2.33 bits per heavy atom. The first-order chi connectivity index (χ1) is 10.1. The van der Waals surface area contributed by atoms with Crippen LogP contribution in [-0.2, 0) is 16.0 Å². The van der Waals surface area contributed by atoms with Gasteiger partial charge in [0.1, 0.15) is 0 Å². The first kappa shape index (κ1) is 17.2. The van der Waals surface area contributed by atoms with Crippen molar-refractivity contribution in [2.24, 2.45) is 0 Å². The molecule has 0 bridgehead atoms. The predicted octanol–water partition coefficient (Wildman–Crippen LogP) is 0.803. The van der Waals surface area contributed by atoms with E-state index in [1.54, 1.807) is 0 Å². The van der Waals surface area contributed by atoms with Gasteiger partial charge in [0.05, 0.1) is 6.42 Å². The lowest BCUT2D eigenvalue weighted by atomic mass is 10.1. The van der Waals surface area contributed by atoms with Gasteiger partial charge in [0.2, 0.25) is 11.8 Å². The number of nitrogens with zero attached hydrogens (tertiary/aromatic N) is 1. The van der Waals surface area contributed by atoms with E-state index in [2.05, 4.69) is 15.5 Å². The van der Waals surface area contributed by atoms with Gasteiger partial charge in [0.15, 0.2) is 0 Å². The number of rotatable bonds is 9. The van der Waals surface area contributed by atoms with Crippen LogP contribution >= 0.6 is 0 Å². The molecule has 0 aliphatic carbocycles. The lowest BCUT2D eigenvalue weighted by Gasteiger charge is -2.10. The maximum absolute atomic E-state index is 11.7. The van der Waals surface area contributed by atoms with Gasteiger partial charge >= 0.3 is 0 Å². The molecule has 0 aliphatic rings. The highest BCUT2D eigenvalue weighted by Crippen LogP contribution is 1.98. The van der Waals surface area contributed by atoms with Gasteiger partial charge in [0, 0.05) is 19.5 Å². The Hall–Kier alpha value is -1.88. The van der Waals surface area contributed by atoms with E-state index in [0.29, 0.717) is 25.9 Å². The molecule has 0 saturated carbocycles. The van der Waals surface area contributed by atoms with Crippen molar-refractivity contribution in [3.63, 3.8) is 0 Å². The zero-order valence-electron chi connectivity index (χ0n) is 12.9. The highest BCUT2D eigenvalue weighted by molar-refractivity contribution is 5.80. The standard InChI is InChI=1S/C16H25N3O2/c1-19(2)12-6-10-17-15(20)9-11-18-16(21)13-14-7-4-3-5-8-14/h3-5,7-8H,6,9-13H2,1-2H3,(H,17,20)(H,18,21). The quantitative estimate of drug-likeness (QED) is 0.662. The third-order valence-corrected chi connectivity index (χ3v) is 2.99. The van der Waals surface area contributed by atoms with Crippen molar-refractivity contribution in [1.29, 1.82) is 0 Å². The van der Waals surface area contributed by atoms with Crippen molar-refractivity contribution in [2.75, 3.05) is 33.7 Å². The van der Waals surface area contributed by atoms with Crippen molar-refractivity contribution < 1.29 is 9.59 Å². The number of benzene rings is 1. The van der Waals surface area contributed by atoms with Crippen LogP contribution in [0.4, 0.5) is 0 Å². The third kappa shape index (κ3) is 8.81. The Kier molecular flexibility index (Phi) is 8.12. The molecular weight excluding hydrogens is 266 g/mol. The van der Waals surface area contributed by atoms with E-state index in [-0.39, 0.29) is 11.8 Å². The predicted molar refractivity (Wildman–Crippen MR) is 84.0 cm³/mol. The molecule has 0 saturated heterocycles. The molecule has 0 heterocycles. The molecular formula is C16H25N3O2. The van der Waals surface area contributed by atoms with Crippen LogP contribution in [-0.4, -0.2) is 50.4 Å². The third-order valence-electron chi connectivity index (χ3n) is 2.99. The van der Waals surface area contributed by atoms with Crippen LogP contribution in [0.15, 0.2) is 30.3 Å². The van der Waals surface area contributed by atoms with Gasteiger partial charge in [-0.15, -0.1) is 0 Å². The van der Waals surface area contributed by atoms with E-state index in [9.17, 15) is 9.59 Å². The van der Waals surface area contributed by atoms with Crippen LogP contribution in [0.2, 0.25) is 0 Å². The lowest BCUT2D eigenvalue weighted by Crippen LogP contribution is -2.32. The van der Waals surface area contributed by atoms with E-state index in [4.69, 9.17) is 0 Å². The van der Waals surface area contributed by atoms with Crippen LogP contribution in [0.3, 0.4) is 0 Å². The van der Waals surface area contributed by atoms with Crippen molar-refractivity contribution in [3.8, 4) is 0 Å². The Balaban J connectivity index is 2.07. The van der Waals surface area contributed by atoms with Gasteiger partial charge in [-0.3, -0.25) is 9.59 Å². The Morgan fingerprint density at radius 1 is 1.00 bits per heavy atom. The van der Waals surface area contributed by atoms with Gasteiger partial charge < -0.3 is 15.5 Å². The highest BCUT2D eigenvalue weighted by atomic mass is 16.2. The molecule has 0 spiro atoms. The Morgan fingerprint density at radius 2 is 1.67 bits per heavy atom. The second kappa shape index (κ2) is 9.94. The summed E-state index contributed by atoms with van der Waals surface area (Å²) in [5.74, 6) is -0.0737. The Labute approximate surface area is 126 Å². The van der Waals surface area contributed by atoms with Crippen LogP contribution < -0.4 is 10.6 Å². The number of nitrogens with one attached hydrogen (secondary N) is 2. The van der Waals surface area contributed by atoms with Crippen LogP contribution in [0.25, 0.3) is 0 Å². The molecule has 1 rings (SSSR count). The lowest BCUT2D eigenvalue weighted by molar-refractivity contribution is -0.122. The van der Waals surface area contributed by atoms with Gasteiger partial charge in [-0.05, 0) is 32.6 Å². The molecule has 0 radical (unpaired) electrons. The van der Waals surface area contributed by atoms with Gasteiger partial charge in [-0.2, -0.15) is 0 Å². The summed E-state index contributed by atoms with van der Waals surface area (Å²) in [5.41, 5.74) is 0.975. The van der Waals surface area contributed by atoms with E-state index < -0.39 is 0 Å². The fourth-order valence-corrected chi connectivity index (χ4v) is 1.87. The molecule has 1 aromatic carbocycles. The minimum absolute atomic E-state index is 0.0197. The van der Waals surface area contributed by atoms with Crippen LogP contribution in [0, 0.1) is 0 Å². The zero-order chi connectivity index (χ0) is 15.5. The average molecular weight is 291 g/mol. The molecule has 2 amide bonds. The number of carbonyl (C=O) groups is 2. The van der Waals surface area contributed by atoms with Crippen molar-refractivity contribution in [1.82, 2.24) is 15.5 Å². The van der Waals surface area contributed by atoms with Gasteiger partial charge in [-0.25, -0.2) is 0 Å². The molecule has 21 heavy (non-hydrogen) atoms. The van der Waals surface area contributed by atoms with Crippen LogP contribution in [0.1, 0.15) is 18.4 Å². The first-order valence-corrected chi connectivity index (χ1v) is 7.30. The minimum atomic E-state index is -0.0541. The van der Waals surface area contributed by atoms with Crippen molar-refractivity contribution in [2.45, 2.75) is 19.3 Å². The van der Waals surface area contributed by atoms with E-state index >= 15 is 0 Å². The fourth-order valence-electron chi connectivity index (χ4n) is 1.87. The largest absolute Gasteiger partial charge is 0.356 e. The molecule has 5 nitrogen and oxygen atoms in total. The molecule has 0 unspecified atom stereocenters. The summed E-state index contributed by atoms with van der Waals surface area (Å²) in [6.07, 6.45) is 1.60. The molecule has 0 aliphatic heterocycles. The van der Waals surface area contributed by atoms with E-state index in [1.165, 1.54) is 0 Å². The van der Waals surface area contributed by atoms with Gasteiger partial charge in [0.25, 0.3) is 0 Å². The molecule has 0 fully saturated rings. The summed E-state index contributed by atoms with van der Waals surface area (Å²) in [6, 6.07) is 9.56. The SMILES string of the molecule is CN(C)CCCNC(=O)CCNC(=O)Cc1ccccc1. The second-order valence-electron chi connectivity index (χ2n) is 5.27. The normalized spacial score (nSPS) is 10.4. The topological polar surface area (TPSA) is 61.4 Å². The molecule has 116 valence electrons.